The molecule has 1 aromatic heterocycles. The molecule has 5 aromatic rings. The summed E-state index contributed by atoms with van der Waals surface area (Å²) in [6, 6.07) is 30.2. The average molecular weight is 478 g/mol. The third-order valence-corrected chi connectivity index (χ3v) is 7.59. The van der Waals surface area contributed by atoms with Crippen LogP contribution in [0.3, 0.4) is 0 Å². The van der Waals surface area contributed by atoms with E-state index in [0.29, 0.717) is 5.69 Å². The van der Waals surface area contributed by atoms with E-state index in [-0.39, 0.29) is 16.7 Å². The van der Waals surface area contributed by atoms with E-state index >= 15 is 0 Å². The minimum Gasteiger partial charge on any atom is -0.309 e. The van der Waals surface area contributed by atoms with Gasteiger partial charge in [0.25, 0.3) is 5.69 Å². The van der Waals surface area contributed by atoms with E-state index in [1.54, 1.807) is 18.2 Å². The van der Waals surface area contributed by atoms with Gasteiger partial charge in [-0.05, 0) is 47.2 Å². The number of thiazole rings is 1. The van der Waals surface area contributed by atoms with Crippen molar-refractivity contribution >= 4 is 33.5 Å². The lowest BCUT2D eigenvalue weighted by Gasteiger charge is -2.28. The van der Waals surface area contributed by atoms with Gasteiger partial charge in [-0.2, -0.15) is 0 Å². The molecule has 1 unspecified atom stereocenters. The third-order valence-electron chi connectivity index (χ3n) is 6.75. The predicted octanol–water partition coefficient (Wildman–Crippen LogP) is 7.44. The highest BCUT2D eigenvalue weighted by atomic mass is 32.1. The normalized spacial score (nSPS) is 15.8. The van der Waals surface area contributed by atoms with Crippen molar-refractivity contribution in [1.82, 2.24) is 4.57 Å². The van der Waals surface area contributed by atoms with Gasteiger partial charge in [-0.3, -0.25) is 10.1 Å². The fraction of sp³-hybridized carbons (Fsp3) is 0.138. The molecule has 0 radical (unpaired) electrons. The maximum absolute atomic E-state index is 11.7. The van der Waals surface area contributed by atoms with E-state index in [1.165, 1.54) is 39.3 Å². The van der Waals surface area contributed by atoms with E-state index in [0.717, 1.165) is 35.3 Å². The standard InChI is InChI=1S/C29H23N3O2S/c33-32(34)27-17-6-5-16-25(27)30-29-31(26-18-8-12-21-10-2-4-14-23(21)26)28(19-35-29)24-15-7-11-20-9-1-3-13-22(20)24/h1-7,9-11,13-17,19,26H,8,12,18H2. The first-order valence-corrected chi connectivity index (χ1v) is 12.6. The molecule has 6 heteroatoms. The zero-order valence-electron chi connectivity index (χ0n) is 19.0. The van der Waals surface area contributed by atoms with Gasteiger partial charge >= 0.3 is 0 Å². The van der Waals surface area contributed by atoms with Crippen LogP contribution >= 0.6 is 11.3 Å². The Morgan fingerprint density at radius 3 is 2.60 bits per heavy atom. The van der Waals surface area contributed by atoms with Crippen molar-refractivity contribution < 1.29 is 4.92 Å². The molecule has 1 aliphatic rings. The van der Waals surface area contributed by atoms with Crippen LogP contribution in [0.25, 0.3) is 22.0 Å². The van der Waals surface area contributed by atoms with Gasteiger partial charge in [-0.25, -0.2) is 4.99 Å². The van der Waals surface area contributed by atoms with Gasteiger partial charge in [-0.1, -0.05) is 78.9 Å². The van der Waals surface area contributed by atoms with Crippen LogP contribution in [0.2, 0.25) is 0 Å². The van der Waals surface area contributed by atoms with Crippen LogP contribution in [0.15, 0.2) is 101 Å². The van der Waals surface area contributed by atoms with E-state index in [4.69, 9.17) is 4.99 Å². The SMILES string of the molecule is O=[N+]([O-])c1ccccc1N=c1scc(-c2cccc3ccccc23)n1C1CCCc2ccccc21. The number of nitro groups is 1. The second kappa shape index (κ2) is 8.96. The molecule has 0 saturated carbocycles. The molecule has 6 rings (SSSR count). The summed E-state index contributed by atoms with van der Waals surface area (Å²) < 4.78 is 2.31. The lowest BCUT2D eigenvalue weighted by molar-refractivity contribution is -0.384. The molecule has 1 aliphatic carbocycles. The second-order valence-corrected chi connectivity index (χ2v) is 9.60. The largest absolute Gasteiger partial charge is 0.309 e. The summed E-state index contributed by atoms with van der Waals surface area (Å²) in [7, 11) is 0. The van der Waals surface area contributed by atoms with E-state index in [1.807, 2.05) is 0 Å². The number of hydrogen-bond donors (Lipinski definition) is 0. The fourth-order valence-electron chi connectivity index (χ4n) is 5.16. The number of aryl methyl sites for hydroxylation is 1. The Kier molecular flexibility index (Phi) is 5.51. The molecule has 0 saturated heterocycles. The number of nitrogens with zero attached hydrogens (tertiary/aromatic N) is 3. The van der Waals surface area contributed by atoms with Crippen molar-refractivity contribution in [2.24, 2.45) is 4.99 Å². The first-order valence-electron chi connectivity index (χ1n) is 11.7. The van der Waals surface area contributed by atoms with Crippen LogP contribution < -0.4 is 4.80 Å². The highest BCUT2D eigenvalue weighted by Crippen LogP contribution is 2.38. The summed E-state index contributed by atoms with van der Waals surface area (Å²) in [4.78, 5) is 17.0. The molecule has 0 aliphatic heterocycles. The van der Waals surface area contributed by atoms with Crippen LogP contribution in [-0.4, -0.2) is 9.49 Å². The predicted molar refractivity (Wildman–Crippen MR) is 141 cm³/mol. The van der Waals surface area contributed by atoms with Crippen molar-refractivity contribution in [2.75, 3.05) is 0 Å². The smallest absolute Gasteiger partial charge is 0.294 e. The van der Waals surface area contributed by atoms with Gasteiger partial charge in [0.2, 0.25) is 0 Å². The Hall–Kier alpha value is -4.03. The zero-order chi connectivity index (χ0) is 23.8. The molecule has 1 atom stereocenters. The monoisotopic (exact) mass is 477 g/mol. The third kappa shape index (κ3) is 3.86. The highest BCUT2D eigenvalue weighted by molar-refractivity contribution is 7.07. The number of rotatable bonds is 4. The van der Waals surface area contributed by atoms with E-state index in [2.05, 4.69) is 76.7 Å². The molecule has 0 N–H and O–H groups in total. The van der Waals surface area contributed by atoms with Gasteiger partial charge in [-0.15, -0.1) is 11.3 Å². The highest BCUT2D eigenvalue weighted by Gasteiger charge is 2.26. The van der Waals surface area contributed by atoms with Crippen molar-refractivity contribution in [3.8, 4) is 11.3 Å². The van der Waals surface area contributed by atoms with Crippen LogP contribution in [0.5, 0.6) is 0 Å². The van der Waals surface area contributed by atoms with Crippen molar-refractivity contribution in [3.63, 3.8) is 0 Å². The van der Waals surface area contributed by atoms with Crippen LogP contribution in [0.4, 0.5) is 11.4 Å². The quantitative estimate of drug-likeness (QED) is 0.199. The molecular weight excluding hydrogens is 454 g/mol. The fourth-order valence-corrected chi connectivity index (χ4v) is 6.11. The molecule has 0 bridgehead atoms. The van der Waals surface area contributed by atoms with Crippen molar-refractivity contribution in [2.45, 2.75) is 25.3 Å². The first kappa shape index (κ1) is 21.5. The topological polar surface area (TPSA) is 60.4 Å². The lowest BCUT2D eigenvalue weighted by Crippen LogP contribution is -2.26. The number of nitro benzene ring substituents is 1. The molecule has 0 amide bonds. The summed E-state index contributed by atoms with van der Waals surface area (Å²) in [6.07, 6.45) is 3.15. The molecule has 172 valence electrons. The van der Waals surface area contributed by atoms with Gasteiger partial charge in [0.05, 0.1) is 16.7 Å². The summed E-state index contributed by atoms with van der Waals surface area (Å²) in [5.41, 5.74) is 5.30. The molecule has 5 nitrogen and oxygen atoms in total. The number of hydrogen-bond acceptors (Lipinski definition) is 4. The number of para-hydroxylation sites is 2. The summed E-state index contributed by atoms with van der Waals surface area (Å²) in [5, 5.41) is 16.2. The molecule has 1 heterocycles. The lowest BCUT2D eigenvalue weighted by atomic mass is 9.87. The Labute approximate surface area is 206 Å². The van der Waals surface area contributed by atoms with Crippen LogP contribution in [0, 0.1) is 10.1 Å². The van der Waals surface area contributed by atoms with Gasteiger partial charge in [0, 0.05) is 17.0 Å². The Morgan fingerprint density at radius 2 is 1.69 bits per heavy atom. The zero-order valence-corrected chi connectivity index (χ0v) is 19.8. The minimum absolute atomic E-state index is 0.0169. The number of benzene rings is 4. The van der Waals surface area contributed by atoms with Gasteiger partial charge < -0.3 is 4.57 Å². The molecule has 0 fully saturated rings. The summed E-state index contributed by atoms with van der Waals surface area (Å²) >= 11 is 1.54. The minimum atomic E-state index is -0.363. The summed E-state index contributed by atoms with van der Waals surface area (Å²) in [5.74, 6) is 0. The molecular formula is C29H23N3O2S. The maximum atomic E-state index is 11.7. The van der Waals surface area contributed by atoms with Gasteiger partial charge in [0.1, 0.15) is 5.69 Å². The summed E-state index contributed by atoms with van der Waals surface area (Å²) in [6.45, 7) is 0. The average Bonchev–Trinajstić information content (AvgIpc) is 3.31. The number of aromatic nitrogens is 1. The van der Waals surface area contributed by atoms with E-state index < -0.39 is 0 Å². The molecule has 0 spiro atoms. The van der Waals surface area contributed by atoms with Crippen LogP contribution in [-0.2, 0) is 6.42 Å². The second-order valence-electron chi connectivity index (χ2n) is 8.76. The molecule has 35 heavy (non-hydrogen) atoms. The Morgan fingerprint density at radius 1 is 0.914 bits per heavy atom. The van der Waals surface area contributed by atoms with Crippen LogP contribution in [0.1, 0.15) is 30.0 Å². The van der Waals surface area contributed by atoms with Crippen molar-refractivity contribution in [3.05, 3.63) is 122 Å². The molecule has 4 aromatic carbocycles. The first-order chi connectivity index (χ1) is 17.2. The maximum Gasteiger partial charge on any atom is 0.294 e. The van der Waals surface area contributed by atoms with Gasteiger partial charge in [0.15, 0.2) is 4.80 Å². The van der Waals surface area contributed by atoms with E-state index in [9.17, 15) is 10.1 Å². The Balaban J connectivity index is 1.64. The Bertz CT molecular complexity index is 1630. The van der Waals surface area contributed by atoms with Crippen molar-refractivity contribution in [1.29, 1.82) is 0 Å². The number of fused-ring (bicyclic) bond motifs is 2.